The van der Waals surface area contributed by atoms with Crippen LogP contribution in [-0.2, 0) is 5.92 Å². The first-order valence-corrected chi connectivity index (χ1v) is 4.35. The van der Waals surface area contributed by atoms with E-state index in [9.17, 15) is 8.78 Å². The summed E-state index contributed by atoms with van der Waals surface area (Å²) in [6.45, 7) is 4.49. The molecule has 1 aromatic carbocycles. The van der Waals surface area contributed by atoms with E-state index in [-0.39, 0.29) is 10.6 Å². The Hall–Kier alpha value is -0.630. The van der Waals surface area contributed by atoms with Gasteiger partial charge in [-0.3, -0.25) is 0 Å². The van der Waals surface area contributed by atoms with E-state index in [4.69, 9.17) is 11.6 Å². The Labute approximate surface area is 81.5 Å². The van der Waals surface area contributed by atoms with Crippen LogP contribution in [0.3, 0.4) is 0 Å². The first-order chi connectivity index (χ1) is 5.82. The van der Waals surface area contributed by atoms with Crippen molar-refractivity contribution in [3.8, 4) is 0 Å². The van der Waals surface area contributed by atoms with Crippen LogP contribution in [0.25, 0.3) is 0 Å². The minimum Gasteiger partial charge on any atom is -0.202 e. The normalized spacial score (nSPS) is 11.8. The summed E-state index contributed by atoms with van der Waals surface area (Å²) in [4.78, 5) is 0. The van der Waals surface area contributed by atoms with Crippen molar-refractivity contribution < 1.29 is 8.78 Å². The molecule has 1 aromatic rings. The molecule has 0 spiro atoms. The summed E-state index contributed by atoms with van der Waals surface area (Å²) in [5.41, 5.74) is 1.66. The maximum atomic E-state index is 12.9. The quantitative estimate of drug-likeness (QED) is 0.647. The van der Waals surface area contributed by atoms with Crippen molar-refractivity contribution in [3.63, 3.8) is 0 Å². The standard InChI is InChI=1S/C10H11ClF2/c1-6-4-8(10(3,12)13)9(11)5-7(6)2/h4-5H,1-3H3. The Balaban J connectivity index is 3.32. The highest BCUT2D eigenvalue weighted by Gasteiger charge is 2.27. The van der Waals surface area contributed by atoms with Gasteiger partial charge in [0.05, 0.1) is 5.02 Å². The number of hydrogen-bond donors (Lipinski definition) is 0. The van der Waals surface area contributed by atoms with Gasteiger partial charge in [0.1, 0.15) is 0 Å². The van der Waals surface area contributed by atoms with Crippen molar-refractivity contribution in [2.24, 2.45) is 0 Å². The second kappa shape index (κ2) is 3.26. The summed E-state index contributed by atoms with van der Waals surface area (Å²) < 4.78 is 25.9. The van der Waals surface area contributed by atoms with Gasteiger partial charge in [-0.2, -0.15) is 0 Å². The summed E-state index contributed by atoms with van der Waals surface area (Å²) in [5.74, 6) is -2.87. The smallest absolute Gasteiger partial charge is 0.202 e. The van der Waals surface area contributed by atoms with E-state index < -0.39 is 5.92 Å². The molecule has 0 aliphatic heterocycles. The number of alkyl halides is 2. The highest BCUT2D eigenvalue weighted by atomic mass is 35.5. The first kappa shape index (κ1) is 10.5. The summed E-state index contributed by atoms with van der Waals surface area (Å²) in [6, 6.07) is 3.02. The molecule has 0 aromatic heterocycles. The van der Waals surface area contributed by atoms with Gasteiger partial charge in [-0.05, 0) is 37.1 Å². The lowest BCUT2D eigenvalue weighted by Crippen LogP contribution is -2.08. The molecule has 0 radical (unpaired) electrons. The molecule has 0 atom stereocenters. The fourth-order valence-corrected chi connectivity index (χ4v) is 1.50. The van der Waals surface area contributed by atoms with Gasteiger partial charge in [0, 0.05) is 12.5 Å². The van der Waals surface area contributed by atoms with Crippen LogP contribution in [-0.4, -0.2) is 0 Å². The number of benzene rings is 1. The van der Waals surface area contributed by atoms with Crippen LogP contribution in [0.15, 0.2) is 12.1 Å². The Bertz CT molecular complexity index is 326. The molecule has 0 amide bonds. The maximum absolute atomic E-state index is 12.9. The predicted octanol–water partition coefficient (Wildman–Crippen LogP) is 4.07. The fraction of sp³-hybridized carbons (Fsp3) is 0.400. The molecule has 0 aliphatic rings. The van der Waals surface area contributed by atoms with Crippen molar-refractivity contribution in [2.45, 2.75) is 26.7 Å². The highest BCUT2D eigenvalue weighted by Crippen LogP contribution is 2.34. The average molecular weight is 205 g/mol. The van der Waals surface area contributed by atoms with E-state index >= 15 is 0 Å². The molecule has 0 N–H and O–H groups in total. The first-order valence-electron chi connectivity index (χ1n) is 3.97. The molecule has 0 fully saturated rings. The number of aryl methyl sites for hydroxylation is 2. The molecule has 0 unspecified atom stereocenters. The second-order valence-electron chi connectivity index (χ2n) is 3.30. The fourth-order valence-electron chi connectivity index (χ4n) is 1.12. The van der Waals surface area contributed by atoms with Crippen molar-refractivity contribution >= 4 is 11.6 Å². The summed E-state index contributed by atoms with van der Waals surface area (Å²) in [7, 11) is 0. The number of hydrogen-bond acceptors (Lipinski definition) is 0. The van der Waals surface area contributed by atoms with Crippen LogP contribution in [0.5, 0.6) is 0 Å². The zero-order chi connectivity index (χ0) is 10.2. The average Bonchev–Trinajstić information content (AvgIpc) is 1.94. The molecular formula is C10H11ClF2. The Morgan fingerprint density at radius 3 is 2.08 bits per heavy atom. The lowest BCUT2D eigenvalue weighted by Gasteiger charge is -2.14. The molecule has 72 valence electrons. The van der Waals surface area contributed by atoms with Gasteiger partial charge in [-0.25, -0.2) is 8.78 Å². The Morgan fingerprint density at radius 2 is 1.62 bits per heavy atom. The minimum atomic E-state index is -2.87. The van der Waals surface area contributed by atoms with Crippen molar-refractivity contribution in [1.29, 1.82) is 0 Å². The van der Waals surface area contributed by atoms with Gasteiger partial charge in [0.2, 0.25) is 0 Å². The van der Waals surface area contributed by atoms with Crippen LogP contribution >= 0.6 is 11.6 Å². The molecule has 13 heavy (non-hydrogen) atoms. The van der Waals surface area contributed by atoms with Crippen molar-refractivity contribution in [3.05, 3.63) is 33.8 Å². The molecule has 0 saturated heterocycles. The summed E-state index contributed by atoms with van der Waals surface area (Å²) in [6.07, 6.45) is 0. The zero-order valence-electron chi connectivity index (χ0n) is 7.79. The van der Waals surface area contributed by atoms with Gasteiger partial charge >= 0.3 is 0 Å². The molecule has 1 rings (SSSR count). The molecule has 0 heterocycles. The van der Waals surface area contributed by atoms with Crippen molar-refractivity contribution in [2.75, 3.05) is 0 Å². The van der Waals surface area contributed by atoms with Gasteiger partial charge in [0.15, 0.2) is 0 Å². The van der Waals surface area contributed by atoms with Crippen molar-refractivity contribution in [1.82, 2.24) is 0 Å². The van der Waals surface area contributed by atoms with E-state index in [1.807, 2.05) is 6.92 Å². The molecule has 0 aliphatic carbocycles. The van der Waals surface area contributed by atoms with Crippen LogP contribution in [0.2, 0.25) is 5.02 Å². The van der Waals surface area contributed by atoms with E-state index in [0.29, 0.717) is 0 Å². The van der Waals surface area contributed by atoms with Gasteiger partial charge in [0.25, 0.3) is 5.92 Å². The second-order valence-corrected chi connectivity index (χ2v) is 3.71. The third kappa shape index (κ3) is 2.19. The van der Waals surface area contributed by atoms with Crippen LogP contribution in [0, 0.1) is 13.8 Å². The summed E-state index contributed by atoms with van der Waals surface area (Å²) in [5, 5.41) is 0.135. The predicted molar refractivity (Wildman–Crippen MR) is 50.5 cm³/mol. The van der Waals surface area contributed by atoms with Gasteiger partial charge in [-0.1, -0.05) is 11.6 Å². The summed E-state index contributed by atoms with van der Waals surface area (Å²) >= 11 is 5.71. The monoisotopic (exact) mass is 204 g/mol. The van der Waals surface area contributed by atoms with Crippen LogP contribution in [0.4, 0.5) is 8.78 Å². The van der Waals surface area contributed by atoms with E-state index in [2.05, 4.69) is 0 Å². The van der Waals surface area contributed by atoms with E-state index in [1.165, 1.54) is 6.07 Å². The zero-order valence-corrected chi connectivity index (χ0v) is 8.54. The third-order valence-corrected chi connectivity index (χ3v) is 2.37. The minimum absolute atomic E-state index is 0.0998. The van der Waals surface area contributed by atoms with E-state index in [1.54, 1.807) is 13.0 Å². The number of halogens is 3. The Kier molecular flexibility index (Phi) is 2.62. The number of rotatable bonds is 1. The Morgan fingerprint density at radius 1 is 1.15 bits per heavy atom. The third-order valence-electron chi connectivity index (χ3n) is 2.06. The SMILES string of the molecule is Cc1cc(Cl)c(C(C)(F)F)cc1C. The van der Waals surface area contributed by atoms with Gasteiger partial charge < -0.3 is 0 Å². The lowest BCUT2D eigenvalue weighted by molar-refractivity contribution is 0.0175. The molecule has 3 heteroatoms. The van der Waals surface area contributed by atoms with Crippen LogP contribution in [0.1, 0.15) is 23.6 Å². The highest BCUT2D eigenvalue weighted by molar-refractivity contribution is 6.31. The molecule has 0 bridgehead atoms. The maximum Gasteiger partial charge on any atom is 0.271 e. The lowest BCUT2D eigenvalue weighted by atomic mass is 10.0. The topological polar surface area (TPSA) is 0 Å². The van der Waals surface area contributed by atoms with Gasteiger partial charge in [-0.15, -0.1) is 0 Å². The van der Waals surface area contributed by atoms with E-state index in [0.717, 1.165) is 18.1 Å². The molecule has 0 saturated carbocycles. The van der Waals surface area contributed by atoms with Crippen LogP contribution < -0.4 is 0 Å². The molecular weight excluding hydrogens is 194 g/mol. The molecule has 0 nitrogen and oxygen atoms in total. The largest absolute Gasteiger partial charge is 0.271 e.